The number of amides is 1. The Morgan fingerprint density at radius 2 is 1.88 bits per heavy atom. The number of halogens is 2. The van der Waals surface area contributed by atoms with Gasteiger partial charge in [-0.25, -0.2) is 4.39 Å². The predicted molar refractivity (Wildman–Crippen MR) is 119 cm³/mol. The zero-order valence-electron chi connectivity index (χ0n) is 17.4. The molecule has 0 radical (unpaired) electrons. The summed E-state index contributed by atoms with van der Waals surface area (Å²) in [7, 11) is 0. The van der Waals surface area contributed by atoms with Gasteiger partial charge in [-0.05, 0) is 42.3 Å². The number of carbonyl (C=O) groups is 1. The minimum atomic E-state index is -0.711. The third-order valence-corrected chi connectivity index (χ3v) is 6.30. The first-order valence-electron chi connectivity index (χ1n) is 10.7. The van der Waals surface area contributed by atoms with Crippen molar-refractivity contribution in [2.75, 3.05) is 39.4 Å². The Hall–Kier alpha value is -2.74. The zero-order valence-corrected chi connectivity index (χ0v) is 18.1. The van der Waals surface area contributed by atoms with Gasteiger partial charge in [0.05, 0.1) is 30.2 Å². The number of carbonyl (C=O) groups excluding carboxylic acids is 1. The Balaban J connectivity index is 1.54. The third-order valence-electron chi connectivity index (χ3n) is 6.07. The van der Waals surface area contributed by atoms with E-state index in [1.54, 1.807) is 29.2 Å². The monoisotopic (exact) mass is 456 g/mol. The predicted octanol–water partition coefficient (Wildman–Crippen LogP) is 3.85. The van der Waals surface area contributed by atoms with Gasteiger partial charge in [0, 0.05) is 31.2 Å². The lowest BCUT2D eigenvalue weighted by atomic mass is 9.98. The van der Waals surface area contributed by atoms with Gasteiger partial charge in [0.1, 0.15) is 11.4 Å². The summed E-state index contributed by atoms with van der Waals surface area (Å²) in [6, 6.07) is 10.0. The molecule has 32 heavy (non-hydrogen) atoms. The standard InChI is InChI=1S/C24H22ClFN2O4/c25-16-5-6-19-18(14-16)22(29)20-21(15-3-1-4-17(26)13-15)28(24(30)23(20)32-19)8-2-7-27-9-11-31-12-10-27/h1,3-6,13-14,21H,2,7-12H2/t21-/m1/s1. The second-order valence-electron chi connectivity index (χ2n) is 8.08. The number of hydrogen-bond donors (Lipinski definition) is 0. The SMILES string of the molecule is O=C1c2oc3ccc(Cl)cc3c(=O)c2[C@@H](c2cccc(F)c2)N1CCCN1CCOCC1. The van der Waals surface area contributed by atoms with Gasteiger partial charge in [0.15, 0.2) is 5.43 Å². The van der Waals surface area contributed by atoms with Crippen LogP contribution in [0.1, 0.15) is 34.1 Å². The van der Waals surface area contributed by atoms with Gasteiger partial charge in [0.25, 0.3) is 5.91 Å². The maximum atomic E-state index is 14.1. The van der Waals surface area contributed by atoms with E-state index in [2.05, 4.69) is 4.90 Å². The normalized spacial score (nSPS) is 19.0. The van der Waals surface area contributed by atoms with Gasteiger partial charge in [-0.1, -0.05) is 23.7 Å². The molecule has 1 fully saturated rings. The van der Waals surface area contributed by atoms with Gasteiger partial charge in [0.2, 0.25) is 5.76 Å². The molecule has 0 saturated carbocycles. The second kappa shape index (κ2) is 8.65. The van der Waals surface area contributed by atoms with Crippen molar-refractivity contribution in [1.82, 2.24) is 9.80 Å². The fourth-order valence-corrected chi connectivity index (χ4v) is 4.71. The van der Waals surface area contributed by atoms with Crippen molar-refractivity contribution >= 4 is 28.5 Å². The number of hydrogen-bond acceptors (Lipinski definition) is 5. The smallest absolute Gasteiger partial charge is 0.290 e. The minimum absolute atomic E-state index is 0.0189. The number of morpholine rings is 1. The van der Waals surface area contributed by atoms with Gasteiger partial charge in [-0.3, -0.25) is 14.5 Å². The third kappa shape index (κ3) is 3.81. The molecular weight excluding hydrogens is 435 g/mol. The fraction of sp³-hybridized carbons (Fsp3) is 0.333. The van der Waals surface area contributed by atoms with E-state index in [-0.39, 0.29) is 22.7 Å². The molecule has 0 bridgehead atoms. The Morgan fingerprint density at radius 3 is 2.66 bits per heavy atom. The number of fused-ring (bicyclic) bond motifs is 2. The van der Waals surface area contributed by atoms with Crippen LogP contribution in [-0.2, 0) is 4.74 Å². The summed E-state index contributed by atoms with van der Waals surface area (Å²) in [5.41, 5.74) is 0.764. The number of rotatable bonds is 5. The van der Waals surface area contributed by atoms with Crippen molar-refractivity contribution < 1.29 is 18.3 Å². The molecule has 0 N–H and O–H groups in total. The first kappa shape index (κ1) is 21.1. The molecule has 1 amide bonds. The quantitative estimate of drug-likeness (QED) is 0.583. The molecule has 2 aliphatic rings. The van der Waals surface area contributed by atoms with Crippen LogP contribution in [0.4, 0.5) is 4.39 Å². The van der Waals surface area contributed by atoms with Crippen molar-refractivity contribution in [3.8, 4) is 0 Å². The van der Waals surface area contributed by atoms with Crippen molar-refractivity contribution in [2.24, 2.45) is 0 Å². The average Bonchev–Trinajstić information content (AvgIpc) is 3.07. The molecule has 5 rings (SSSR count). The zero-order chi connectivity index (χ0) is 22.2. The first-order valence-corrected chi connectivity index (χ1v) is 11.0. The molecular formula is C24H22ClFN2O4. The highest BCUT2D eigenvalue weighted by atomic mass is 35.5. The molecule has 0 spiro atoms. The lowest BCUT2D eigenvalue weighted by Crippen LogP contribution is -2.38. The van der Waals surface area contributed by atoms with Crippen LogP contribution in [0.5, 0.6) is 0 Å². The number of nitrogens with zero attached hydrogens (tertiary/aromatic N) is 2. The summed E-state index contributed by atoms with van der Waals surface area (Å²) in [6.45, 7) is 4.33. The van der Waals surface area contributed by atoms with Crippen molar-refractivity contribution in [3.63, 3.8) is 0 Å². The first-order chi connectivity index (χ1) is 15.5. The molecule has 2 aromatic carbocycles. The molecule has 6 nitrogen and oxygen atoms in total. The fourth-order valence-electron chi connectivity index (χ4n) is 4.54. The lowest BCUT2D eigenvalue weighted by molar-refractivity contribution is 0.0353. The summed E-state index contributed by atoms with van der Waals surface area (Å²) in [5, 5.41) is 0.708. The highest BCUT2D eigenvalue weighted by Crippen LogP contribution is 2.38. The Kier molecular flexibility index (Phi) is 5.71. The van der Waals surface area contributed by atoms with Gasteiger partial charge < -0.3 is 14.1 Å². The van der Waals surface area contributed by atoms with E-state index in [1.807, 2.05) is 0 Å². The molecule has 3 heterocycles. The van der Waals surface area contributed by atoms with Gasteiger partial charge >= 0.3 is 0 Å². The van der Waals surface area contributed by atoms with Crippen LogP contribution in [0.15, 0.2) is 51.7 Å². The maximum absolute atomic E-state index is 14.1. The van der Waals surface area contributed by atoms with Crippen LogP contribution in [0, 0.1) is 5.82 Å². The van der Waals surface area contributed by atoms with E-state index in [0.717, 1.165) is 19.6 Å². The van der Waals surface area contributed by atoms with Crippen LogP contribution in [0.3, 0.4) is 0 Å². The molecule has 1 atom stereocenters. The van der Waals surface area contributed by atoms with Crippen LogP contribution >= 0.6 is 11.6 Å². The van der Waals surface area contributed by atoms with E-state index >= 15 is 0 Å². The summed E-state index contributed by atoms with van der Waals surface area (Å²) < 4.78 is 25.4. The topological polar surface area (TPSA) is 63.0 Å². The van der Waals surface area contributed by atoms with Crippen LogP contribution in [0.25, 0.3) is 11.0 Å². The molecule has 2 aliphatic heterocycles. The highest BCUT2D eigenvalue weighted by molar-refractivity contribution is 6.31. The summed E-state index contributed by atoms with van der Waals surface area (Å²) in [4.78, 5) is 30.7. The average molecular weight is 457 g/mol. The Labute approximate surface area is 189 Å². The Bertz CT molecular complexity index is 1240. The second-order valence-corrected chi connectivity index (χ2v) is 8.51. The van der Waals surface area contributed by atoms with Crippen LogP contribution in [0.2, 0.25) is 5.02 Å². The molecule has 0 unspecified atom stereocenters. The van der Waals surface area contributed by atoms with Crippen LogP contribution in [-0.4, -0.2) is 55.1 Å². The van der Waals surface area contributed by atoms with E-state index < -0.39 is 11.9 Å². The number of ether oxygens (including phenoxy) is 1. The van der Waals surface area contributed by atoms with Crippen molar-refractivity contribution in [1.29, 1.82) is 0 Å². The lowest BCUT2D eigenvalue weighted by Gasteiger charge is -2.29. The molecule has 1 saturated heterocycles. The molecule has 1 aromatic heterocycles. The summed E-state index contributed by atoms with van der Waals surface area (Å²) >= 11 is 6.09. The van der Waals surface area contributed by atoms with E-state index in [1.165, 1.54) is 18.2 Å². The van der Waals surface area contributed by atoms with Gasteiger partial charge in [-0.2, -0.15) is 0 Å². The molecule has 0 aliphatic carbocycles. The van der Waals surface area contributed by atoms with Gasteiger partial charge in [-0.15, -0.1) is 0 Å². The van der Waals surface area contributed by atoms with Crippen LogP contribution < -0.4 is 5.43 Å². The molecule has 3 aromatic rings. The molecule has 8 heteroatoms. The number of benzene rings is 2. The summed E-state index contributed by atoms with van der Waals surface area (Å²) in [5.74, 6) is -0.763. The highest BCUT2D eigenvalue weighted by Gasteiger charge is 2.42. The summed E-state index contributed by atoms with van der Waals surface area (Å²) in [6.07, 6.45) is 0.713. The maximum Gasteiger partial charge on any atom is 0.290 e. The molecule has 166 valence electrons. The van der Waals surface area contributed by atoms with E-state index in [9.17, 15) is 14.0 Å². The van der Waals surface area contributed by atoms with Crippen molar-refractivity contribution in [2.45, 2.75) is 12.5 Å². The van der Waals surface area contributed by atoms with E-state index in [4.69, 9.17) is 20.8 Å². The largest absolute Gasteiger partial charge is 0.450 e. The van der Waals surface area contributed by atoms with Crippen molar-refractivity contribution in [3.05, 3.63) is 80.4 Å². The minimum Gasteiger partial charge on any atom is -0.450 e. The van der Waals surface area contributed by atoms with E-state index in [0.29, 0.717) is 47.7 Å². The Morgan fingerprint density at radius 1 is 1.06 bits per heavy atom.